The molecule has 1 aliphatic heterocycles. The first kappa shape index (κ1) is 22.4. The Morgan fingerprint density at radius 1 is 1.06 bits per heavy atom. The number of amides is 1. The van der Waals surface area contributed by atoms with Crippen LogP contribution < -0.4 is 0 Å². The monoisotopic (exact) mass is 495 g/mol. The van der Waals surface area contributed by atoms with Gasteiger partial charge in [0.15, 0.2) is 0 Å². The molecular weight excluding hydrogens is 476 g/mol. The summed E-state index contributed by atoms with van der Waals surface area (Å²) in [7, 11) is 0. The van der Waals surface area contributed by atoms with Crippen LogP contribution >= 0.6 is 23.2 Å². The summed E-state index contributed by atoms with van der Waals surface area (Å²) in [5.41, 5.74) is 5.32. The number of hydrogen-bond acceptors (Lipinski definition) is 3. The molecular formula is C26H20Cl2FN3O2. The molecule has 0 fully saturated rings. The number of nitrogens with zero attached hydrogens (tertiary/aromatic N) is 2. The Labute approximate surface area is 205 Å². The number of aromatic nitrogens is 2. The number of phenolic OH excluding ortho intramolecular Hbond substituents is 1. The second kappa shape index (κ2) is 8.46. The lowest BCUT2D eigenvalue weighted by atomic mass is 9.93. The molecule has 1 aliphatic rings. The fourth-order valence-electron chi connectivity index (χ4n) is 4.62. The molecule has 0 saturated heterocycles. The molecule has 8 heteroatoms. The third-order valence-corrected chi connectivity index (χ3v) is 6.82. The van der Waals surface area contributed by atoms with Crippen LogP contribution in [0.5, 0.6) is 5.75 Å². The number of rotatable bonds is 4. The van der Waals surface area contributed by atoms with Crippen LogP contribution in [0.4, 0.5) is 4.39 Å². The molecule has 0 bridgehead atoms. The van der Waals surface area contributed by atoms with Crippen LogP contribution in [0.2, 0.25) is 10.0 Å². The molecule has 34 heavy (non-hydrogen) atoms. The summed E-state index contributed by atoms with van der Waals surface area (Å²) in [6.07, 6.45) is 0. The Morgan fingerprint density at radius 3 is 2.47 bits per heavy atom. The fourth-order valence-corrected chi connectivity index (χ4v) is 4.93. The summed E-state index contributed by atoms with van der Waals surface area (Å²) in [4.78, 5) is 15.2. The highest BCUT2D eigenvalue weighted by molar-refractivity contribution is 6.42. The second-order valence-corrected chi connectivity index (χ2v) is 9.29. The highest BCUT2D eigenvalue weighted by atomic mass is 35.5. The van der Waals surface area contributed by atoms with Gasteiger partial charge < -0.3 is 10.0 Å². The number of hydrogen-bond donors (Lipinski definition) is 2. The Hall–Kier alpha value is -3.35. The van der Waals surface area contributed by atoms with Gasteiger partial charge in [0.25, 0.3) is 5.91 Å². The molecule has 0 aliphatic carbocycles. The van der Waals surface area contributed by atoms with Crippen LogP contribution in [0.1, 0.15) is 44.3 Å². The molecule has 1 aromatic heterocycles. The van der Waals surface area contributed by atoms with Crippen LogP contribution in [0.15, 0.2) is 54.6 Å². The number of phenols is 1. The molecule has 1 atom stereocenters. The maximum Gasteiger partial charge on any atom is 0.273 e. The van der Waals surface area contributed by atoms with Crippen molar-refractivity contribution in [2.75, 3.05) is 0 Å². The van der Waals surface area contributed by atoms with Gasteiger partial charge in [-0.2, -0.15) is 5.10 Å². The topological polar surface area (TPSA) is 69.2 Å². The molecule has 172 valence electrons. The smallest absolute Gasteiger partial charge is 0.273 e. The Bertz CT molecular complexity index is 1410. The molecule has 3 aromatic carbocycles. The normalized spacial score (nSPS) is 15.1. The van der Waals surface area contributed by atoms with E-state index in [1.807, 2.05) is 26.0 Å². The van der Waals surface area contributed by atoms with Gasteiger partial charge in [0.1, 0.15) is 23.0 Å². The lowest BCUT2D eigenvalue weighted by Crippen LogP contribution is -2.29. The number of aromatic amines is 1. The molecule has 4 aromatic rings. The maximum absolute atomic E-state index is 13.5. The summed E-state index contributed by atoms with van der Waals surface area (Å²) in [6.45, 7) is 4.03. The van der Waals surface area contributed by atoms with Crippen molar-refractivity contribution in [1.82, 2.24) is 15.1 Å². The third kappa shape index (κ3) is 3.73. The Balaban J connectivity index is 1.69. The predicted molar refractivity (Wildman–Crippen MR) is 130 cm³/mol. The summed E-state index contributed by atoms with van der Waals surface area (Å²) < 4.78 is 13.5. The zero-order valence-corrected chi connectivity index (χ0v) is 19.9. The van der Waals surface area contributed by atoms with E-state index < -0.39 is 6.04 Å². The first-order chi connectivity index (χ1) is 16.2. The number of carbonyl (C=O) groups is 1. The van der Waals surface area contributed by atoms with E-state index in [4.69, 9.17) is 23.2 Å². The number of aryl methyl sites for hydroxylation is 2. The highest BCUT2D eigenvalue weighted by Crippen LogP contribution is 2.46. The molecule has 1 amide bonds. The predicted octanol–water partition coefficient (Wildman–Crippen LogP) is 6.59. The Kier molecular flexibility index (Phi) is 5.58. The summed E-state index contributed by atoms with van der Waals surface area (Å²) in [5, 5.41) is 18.9. The van der Waals surface area contributed by atoms with Crippen molar-refractivity contribution in [3.8, 4) is 17.0 Å². The van der Waals surface area contributed by atoms with Gasteiger partial charge in [0.2, 0.25) is 0 Å². The number of nitrogens with one attached hydrogen (secondary N) is 1. The maximum atomic E-state index is 13.5. The number of H-pyrrole nitrogens is 1. The van der Waals surface area contributed by atoms with Crippen molar-refractivity contribution in [1.29, 1.82) is 0 Å². The van der Waals surface area contributed by atoms with E-state index >= 15 is 0 Å². The fraction of sp³-hybridized carbons (Fsp3) is 0.154. The molecule has 5 rings (SSSR count). The minimum Gasteiger partial charge on any atom is -0.507 e. The SMILES string of the molecule is Cc1cc(C)c(-c2n[nH]c3c2C(c2ccc(Cl)c(Cl)c2)N(Cc2ccc(F)cc2)C3=O)c(O)c1. The van der Waals surface area contributed by atoms with Crippen molar-refractivity contribution in [2.45, 2.75) is 26.4 Å². The van der Waals surface area contributed by atoms with E-state index in [0.717, 1.165) is 22.3 Å². The van der Waals surface area contributed by atoms with Crippen molar-refractivity contribution in [3.63, 3.8) is 0 Å². The van der Waals surface area contributed by atoms with E-state index in [1.165, 1.54) is 12.1 Å². The third-order valence-electron chi connectivity index (χ3n) is 6.09. The number of benzene rings is 3. The van der Waals surface area contributed by atoms with Gasteiger partial charge in [-0.15, -0.1) is 0 Å². The minimum atomic E-state index is -0.545. The molecule has 0 spiro atoms. The second-order valence-electron chi connectivity index (χ2n) is 8.47. The zero-order chi connectivity index (χ0) is 24.1. The minimum absolute atomic E-state index is 0.0872. The lowest BCUT2D eigenvalue weighted by molar-refractivity contribution is 0.0730. The summed E-state index contributed by atoms with van der Waals surface area (Å²) >= 11 is 12.5. The number of fused-ring (bicyclic) bond motifs is 1. The molecule has 2 N–H and O–H groups in total. The van der Waals surface area contributed by atoms with E-state index in [0.29, 0.717) is 32.6 Å². The van der Waals surface area contributed by atoms with E-state index in [1.54, 1.807) is 35.2 Å². The van der Waals surface area contributed by atoms with Gasteiger partial charge in [-0.1, -0.05) is 47.5 Å². The van der Waals surface area contributed by atoms with Crippen LogP contribution in [-0.4, -0.2) is 26.1 Å². The van der Waals surface area contributed by atoms with Crippen LogP contribution in [0, 0.1) is 19.7 Å². The largest absolute Gasteiger partial charge is 0.507 e. The number of halogens is 3. The van der Waals surface area contributed by atoms with E-state index in [2.05, 4.69) is 10.2 Å². The van der Waals surface area contributed by atoms with Crippen molar-refractivity contribution in [2.24, 2.45) is 0 Å². The lowest BCUT2D eigenvalue weighted by Gasteiger charge is -2.27. The summed E-state index contributed by atoms with van der Waals surface area (Å²) in [5.74, 6) is -0.512. The average Bonchev–Trinajstić information content (AvgIpc) is 3.31. The van der Waals surface area contributed by atoms with Crippen molar-refractivity contribution in [3.05, 3.63) is 104 Å². The molecule has 0 saturated carbocycles. The highest BCUT2D eigenvalue weighted by Gasteiger charge is 2.43. The van der Waals surface area contributed by atoms with Crippen LogP contribution in [0.25, 0.3) is 11.3 Å². The number of aromatic hydroxyl groups is 1. The van der Waals surface area contributed by atoms with Gasteiger partial charge in [0.05, 0.1) is 16.1 Å². The van der Waals surface area contributed by atoms with E-state index in [9.17, 15) is 14.3 Å². The van der Waals surface area contributed by atoms with Gasteiger partial charge in [-0.25, -0.2) is 4.39 Å². The van der Waals surface area contributed by atoms with Crippen molar-refractivity contribution < 1.29 is 14.3 Å². The molecule has 1 unspecified atom stereocenters. The molecule has 0 radical (unpaired) electrons. The van der Waals surface area contributed by atoms with Crippen LogP contribution in [-0.2, 0) is 6.54 Å². The first-order valence-corrected chi connectivity index (χ1v) is 11.4. The van der Waals surface area contributed by atoms with Gasteiger partial charge in [-0.05, 0) is 66.4 Å². The molecule has 5 nitrogen and oxygen atoms in total. The van der Waals surface area contributed by atoms with Gasteiger partial charge >= 0.3 is 0 Å². The quantitative estimate of drug-likeness (QED) is 0.335. The van der Waals surface area contributed by atoms with Gasteiger partial charge in [-0.3, -0.25) is 9.89 Å². The number of carbonyl (C=O) groups excluding carboxylic acids is 1. The van der Waals surface area contributed by atoms with Crippen LogP contribution in [0.3, 0.4) is 0 Å². The Morgan fingerprint density at radius 2 is 1.79 bits per heavy atom. The average molecular weight is 496 g/mol. The van der Waals surface area contributed by atoms with Crippen molar-refractivity contribution >= 4 is 29.1 Å². The summed E-state index contributed by atoms with van der Waals surface area (Å²) in [6, 6.07) is 14.3. The molecule has 2 heterocycles. The standard InChI is InChI=1S/C26H20Cl2FN3O2/c1-13-9-14(2)21(20(33)10-13)23-22-24(31-30-23)26(34)32(12-15-3-6-17(29)7-4-15)25(22)16-5-8-18(27)19(28)11-16/h3-11,25,33H,12H2,1-2H3,(H,30,31). The van der Waals surface area contributed by atoms with Gasteiger partial charge in [0, 0.05) is 17.7 Å². The zero-order valence-electron chi connectivity index (χ0n) is 18.4. The first-order valence-electron chi connectivity index (χ1n) is 10.6. The van der Waals surface area contributed by atoms with E-state index in [-0.39, 0.29) is 24.0 Å².